The molecular formula is C12H15NO. The maximum absolute atomic E-state index is 10.8. The second-order valence-corrected chi connectivity index (χ2v) is 3.23. The number of hydrogen-bond acceptors (Lipinski definition) is 1. The standard InChI is InChI=1S/C12H15NO/c1-4-9(2)11-6-5-7-12(8-11)13-10(3)14/h4-8H,1-3H3,(H,13,14)/b9-4-. The monoisotopic (exact) mass is 189 g/mol. The zero-order valence-corrected chi connectivity index (χ0v) is 8.79. The van der Waals surface area contributed by atoms with Crippen molar-refractivity contribution in [1.29, 1.82) is 0 Å². The van der Waals surface area contributed by atoms with Gasteiger partial charge in [-0.1, -0.05) is 18.2 Å². The van der Waals surface area contributed by atoms with Crippen LogP contribution in [0.15, 0.2) is 30.3 Å². The van der Waals surface area contributed by atoms with Gasteiger partial charge in [0, 0.05) is 12.6 Å². The van der Waals surface area contributed by atoms with Gasteiger partial charge in [0.2, 0.25) is 5.91 Å². The molecule has 0 saturated carbocycles. The fourth-order valence-electron chi connectivity index (χ4n) is 1.21. The van der Waals surface area contributed by atoms with Gasteiger partial charge in [0.05, 0.1) is 0 Å². The Morgan fingerprint density at radius 3 is 2.64 bits per heavy atom. The van der Waals surface area contributed by atoms with Crippen LogP contribution in [0.25, 0.3) is 5.57 Å². The summed E-state index contributed by atoms with van der Waals surface area (Å²) in [5, 5.41) is 2.76. The molecule has 0 radical (unpaired) electrons. The third-order valence-electron chi connectivity index (χ3n) is 2.07. The van der Waals surface area contributed by atoms with E-state index < -0.39 is 0 Å². The number of carbonyl (C=O) groups is 1. The third-order valence-corrected chi connectivity index (χ3v) is 2.07. The van der Waals surface area contributed by atoms with Gasteiger partial charge in [-0.25, -0.2) is 0 Å². The highest BCUT2D eigenvalue weighted by Gasteiger charge is 1.98. The minimum atomic E-state index is -0.0414. The molecule has 0 fully saturated rings. The molecule has 2 nitrogen and oxygen atoms in total. The summed E-state index contributed by atoms with van der Waals surface area (Å²) in [7, 11) is 0. The van der Waals surface area contributed by atoms with E-state index in [-0.39, 0.29) is 5.91 Å². The molecule has 1 amide bonds. The number of anilines is 1. The lowest BCUT2D eigenvalue weighted by Crippen LogP contribution is -2.05. The summed E-state index contributed by atoms with van der Waals surface area (Å²) in [6.07, 6.45) is 2.05. The largest absolute Gasteiger partial charge is 0.326 e. The van der Waals surface area contributed by atoms with Gasteiger partial charge in [-0.05, 0) is 37.1 Å². The molecule has 0 saturated heterocycles. The van der Waals surface area contributed by atoms with Crippen LogP contribution in [0, 0.1) is 0 Å². The fraction of sp³-hybridized carbons (Fsp3) is 0.250. The Morgan fingerprint density at radius 1 is 1.36 bits per heavy atom. The van der Waals surface area contributed by atoms with Gasteiger partial charge in [0.25, 0.3) is 0 Å². The van der Waals surface area contributed by atoms with Crippen LogP contribution in [-0.2, 0) is 4.79 Å². The van der Waals surface area contributed by atoms with E-state index in [2.05, 4.69) is 5.32 Å². The summed E-state index contributed by atoms with van der Waals surface area (Å²) in [6, 6.07) is 7.82. The van der Waals surface area contributed by atoms with E-state index >= 15 is 0 Å². The molecule has 2 heteroatoms. The van der Waals surface area contributed by atoms with Crippen LogP contribution in [0.4, 0.5) is 5.69 Å². The van der Waals surface area contributed by atoms with Crippen LogP contribution in [0.2, 0.25) is 0 Å². The smallest absolute Gasteiger partial charge is 0.221 e. The maximum Gasteiger partial charge on any atom is 0.221 e. The summed E-state index contributed by atoms with van der Waals surface area (Å²) >= 11 is 0. The van der Waals surface area contributed by atoms with Gasteiger partial charge in [-0.2, -0.15) is 0 Å². The number of carbonyl (C=O) groups excluding carboxylic acids is 1. The minimum Gasteiger partial charge on any atom is -0.326 e. The first kappa shape index (κ1) is 10.5. The van der Waals surface area contributed by atoms with Crippen LogP contribution in [0.3, 0.4) is 0 Å². The Kier molecular flexibility index (Phi) is 3.46. The van der Waals surface area contributed by atoms with Crippen molar-refractivity contribution in [2.75, 3.05) is 5.32 Å². The first-order valence-electron chi connectivity index (χ1n) is 4.64. The van der Waals surface area contributed by atoms with Gasteiger partial charge in [-0.3, -0.25) is 4.79 Å². The van der Waals surface area contributed by atoms with Crippen LogP contribution < -0.4 is 5.32 Å². The number of nitrogens with one attached hydrogen (secondary N) is 1. The lowest BCUT2D eigenvalue weighted by molar-refractivity contribution is -0.114. The van der Waals surface area contributed by atoms with E-state index in [1.54, 1.807) is 0 Å². The van der Waals surface area contributed by atoms with Crippen molar-refractivity contribution < 1.29 is 4.79 Å². The molecule has 74 valence electrons. The minimum absolute atomic E-state index is 0.0414. The highest BCUT2D eigenvalue weighted by Crippen LogP contribution is 2.17. The van der Waals surface area contributed by atoms with Gasteiger partial charge in [0.15, 0.2) is 0 Å². The van der Waals surface area contributed by atoms with Crippen molar-refractivity contribution >= 4 is 17.2 Å². The molecule has 1 aromatic carbocycles. The van der Waals surface area contributed by atoms with Crippen LogP contribution in [-0.4, -0.2) is 5.91 Å². The maximum atomic E-state index is 10.8. The lowest BCUT2D eigenvalue weighted by atomic mass is 10.1. The highest BCUT2D eigenvalue weighted by molar-refractivity contribution is 5.89. The SMILES string of the molecule is C/C=C(/C)c1cccc(NC(C)=O)c1. The molecule has 0 unspecified atom stereocenters. The van der Waals surface area contributed by atoms with E-state index in [1.165, 1.54) is 12.5 Å². The molecule has 1 aromatic rings. The third kappa shape index (κ3) is 2.73. The lowest BCUT2D eigenvalue weighted by Gasteiger charge is -2.05. The molecule has 0 aliphatic heterocycles. The Hall–Kier alpha value is -1.57. The Labute approximate surface area is 84.6 Å². The van der Waals surface area contributed by atoms with Crippen molar-refractivity contribution in [3.05, 3.63) is 35.9 Å². The van der Waals surface area contributed by atoms with Crippen LogP contribution >= 0.6 is 0 Å². The number of hydrogen-bond donors (Lipinski definition) is 1. The Morgan fingerprint density at radius 2 is 2.07 bits per heavy atom. The predicted octanol–water partition coefficient (Wildman–Crippen LogP) is 3.07. The van der Waals surface area contributed by atoms with E-state index in [4.69, 9.17) is 0 Å². The second-order valence-electron chi connectivity index (χ2n) is 3.23. The topological polar surface area (TPSA) is 29.1 Å². The molecule has 14 heavy (non-hydrogen) atoms. The molecule has 1 N–H and O–H groups in total. The molecular weight excluding hydrogens is 174 g/mol. The van der Waals surface area contributed by atoms with Gasteiger partial charge < -0.3 is 5.32 Å². The first-order valence-corrected chi connectivity index (χ1v) is 4.64. The van der Waals surface area contributed by atoms with Crippen molar-refractivity contribution in [1.82, 2.24) is 0 Å². The second kappa shape index (κ2) is 4.61. The summed E-state index contributed by atoms with van der Waals surface area (Å²) in [5.74, 6) is -0.0414. The molecule has 0 atom stereocenters. The zero-order chi connectivity index (χ0) is 10.6. The summed E-state index contributed by atoms with van der Waals surface area (Å²) < 4.78 is 0. The van der Waals surface area contributed by atoms with Gasteiger partial charge in [0.1, 0.15) is 0 Å². The van der Waals surface area contributed by atoms with E-state index in [0.29, 0.717) is 0 Å². The normalized spacial score (nSPS) is 11.2. The molecule has 0 heterocycles. The molecule has 1 rings (SSSR count). The predicted molar refractivity (Wildman–Crippen MR) is 60.1 cm³/mol. The average Bonchev–Trinajstić information content (AvgIpc) is 2.16. The number of rotatable bonds is 2. The molecule has 0 aliphatic carbocycles. The molecule has 0 aliphatic rings. The van der Waals surface area contributed by atoms with Crippen molar-refractivity contribution in [2.24, 2.45) is 0 Å². The number of benzene rings is 1. The highest BCUT2D eigenvalue weighted by atomic mass is 16.1. The fourth-order valence-corrected chi connectivity index (χ4v) is 1.21. The molecule has 0 bridgehead atoms. The van der Waals surface area contributed by atoms with Crippen LogP contribution in [0.1, 0.15) is 26.3 Å². The van der Waals surface area contributed by atoms with Crippen LogP contribution in [0.5, 0.6) is 0 Å². The molecule has 0 spiro atoms. The Balaban J connectivity index is 2.95. The summed E-state index contributed by atoms with van der Waals surface area (Å²) in [4.78, 5) is 10.8. The average molecular weight is 189 g/mol. The summed E-state index contributed by atoms with van der Waals surface area (Å²) in [6.45, 7) is 5.56. The van der Waals surface area contributed by atoms with E-state index in [0.717, 1.165) is 11.3 Å². The Bertz CT molecular complexity index is 366. The van der Waals surface area contributed by atoms with Crippen molar-refractivity contribution in [3.8, 4) is 0 Å². The van der Waals surface area contributed by atoms with E-state index in [9.17, 15) is 4.79 Å². The summed E-state index contributed by atoms with van der Waals surface area (Å²) in [5.41, 5.74) is 3.19. The zero-order valence-electron chi connectivity index (χ0n) is 8.79. The van der Waals surface area contributed by atoms with E-state index in [1.807, 2.05) is 44.2 Å². The quantitative estimate of drug-likeness (QED) is 0.761. The number of allylic oxidation sites excluding steroid dienone is 2. The first-order chi connectivity index (χ1) is 6.63. The van der Waals surface area contributed by atoms with Crippen molar-refractivity contribution in [3.63, 3.8) is 0 Å². The van der Waals surface area contributed by atoms with Crippen molar-refractivity contribution in [2.45, 2.75) is 20.8 Å². The number of amides is 1. The molecule has 0 aromatic heterocycles. The van der Waals surface area contributed by atoms with Gasteiger partial charge in [-0.15, -0.1) is 0 Å². The van der Waals surface area contributed by atoms with Gasteiger partial charge >= 0.3 is 0 Å².